The van der Waals surface area contributed by atoms with Gasteiger partial charge in [-0.3, -0.25) is 4.79 Å². The minimum Gasteiger partial charge on any atom is -0.351 e. The van der Waals surface area contributed by atoms with Crippen LogP contribution >= 0.6 is 0 Å². The SMILES string of the molecule is CC1(NCC(=O)NCc2ccccc2)CCCCC1. The largest absolute Gasteiger partial charge is 0.351 e. The summed E-state index contributed by atoms with van der Waals surface area (Å²) in [7, 11) is 0. The highest BCUT2D eigenvalue weighted by Crippen LogP contribution is 2.27. The van der Waals surface area contributed by atoms with Gasteiger partial charge in [0.25, 0.3) is 0 Å². The number of hydrogen-bond donors (Lipinski definition) is 2. The summed E-state index contributed by atoms with van der Waals surface area (Å²) in [6, 6.07) is 10.0. The van der Waals surface area contributed by atoms with Crippen LogP contribution in [0.25, 0.3) is 0 Å². The molecule has 0 saturated heterocycles. The van der Waals surface area contributed by atoms with Crippen molar-refractivity contribution in [3.05, 3.63) is 35.9 Å². The van der Waals surface area contributed by atoms with Crippen LogP contribution in [0.5, 0.6) is 0 Å². The van der Waals surface area contributed by atoms with E-state index in [1.165, 1.54) is 32.1 Å². The first-order valence-electron chi connectivity index (χ1n) is 7.24. The molecule has 0 aliphatic heterocycles. The van der Waals surface area contributed by atoms with E-state index in [2.05, 4.69) is 17.6 Å². The number of carbonyl (C=O) groups excluding carboxylic acids is 1. The zero-order chi connectivity index (χ0) is 13.6. The topological polar surface area (TPSA) is 41.1 Å². The van der Waals surface area contributed by atoms with Crippen molar-refractivity contribution in [3.8, 4) is 0 Å². The van der Waals surface area contributed by atoms with Gasteiger partial charge < -0.3 is 10.6 Å². The molecule has 0 aromatic heterocycles. The molecule has 19 heavy (non-hydrogen) atoms. The van der Waals surface area contributed by atoms with Crippen molar-refractivity contribution < 1.29 is 4.79 Å². The van der Waals surface area contributed by atoms with Crippen LogP contribution in [0.1, 0.15) is 44.6 Å². The molecule has 1 saturated carbocycles. The molecular formula is C16H24N2O. The Bertz CT molecular complexity index is 396. The van der Waals surface area contributed by atoms with Gasteiger partial charge in [0.2, 0.25) is 5.91 Å². The lowest BCUT2D eigenvalue weighted by molar-refractivity contribution is -0.120. The van der Waals surface area contributed by atoms with Crippen molar-refractivity contribution in [3.63, 3.8) is 0 Å². The predicted octanol–water partition coefficient (Wildman–Crippen LogP) is 2.62. The third-order valence-electron chi connectivity index (χ3n) is 3.97. The number of benzene rings is 1. The molecule has 2 rings (SSSR count). The lowest BCUT2D eigenvalue weighted by atomic mass is 9.83. The zero-order valence-electron chi connectivity index (χ0n) is 11.7. The predicted molar refractivity (Wildman–Crippen MR) is 77.8 cm³/mol. The second kappa shape index (κ2) is 6.71. The Morgan fingerprint density at radius 2 is 1.84 bits per heavy atom. The van der Waals surface area contributed by atoms with Crippen LogP contribution in [0, 0.1) is 0 Å². The van der Waals surface area contributed by atoms with E-state index in [-0.39, 0.29) is 11.4 Å². The normalized spacial score (nSPS) is 17.9. The highest BCUT2D eigenvalue weighted by Gasteiger charge is 2.26. The second-order valence-electron chi connectivity index (χ2n) is 5.74. The monoisotopic (exact) mass is 260 g/mol. The maximum Gasteiger partial charge on any atom is 0.234 e. The van der Waals surface area contributed by atoms with Gasteiger partial charge in [-0.25, -0.2) is 0 Å². The van der Waals surface area contributed by atoms with Crippen LogP contribution in [0.4, 0.5) is 0 Å². The smallest absolute Gasteiger partial charge is 0.234 e. The average molecular weight is 260 g/mol. The van der Waals surface area contributed by atoms with Gasteiger partial charge >= 0.3 is 0 Å². The van der Waals surface area contributed by atoms with Crippen LogP contribution < -0.4 is 10.6 Å². The maximum absolute atomic E-state index is 11.8. The molecule has 1 aliphatic rings. The molecule has 104 valence electrons. The van der Waals surface area contributed by atoms with Crippen LogP contribution in [-0.2, 0) is 11.3 Å². The summed E-state index contributed by atoms with van der Waals surface area (Å²) >= 11 is 0. The number of nitrogens with one attached hydrogen (secondary N) is 2. The molecule has 0 radical (unpaired) electrons. The standard InChI is InChI=1S/C16H24N2O/c1-16(10-6-3-7-11-16)18-13-15(19)17-12-14-8-4-2-5-9-14/h2,4-5,8-9,18H,3,6-7,10-13H2,1H3,(H,17,19). The molecule has 2 N–H and O–H groups in total. The fourth-order valence-corrected chi connectivity index (χ4v) is 2.66. The van der Waals surface area contributed by atoms with Gasteiger partial charge in [-0.2, -0.15) is 0 Å². The van der Waals surface area contributed by atoms with Gasteiger partial charge in [-0.15, -0.1) is 0 Å². The van der Waals surface area contributed by atoms with Crippen LogP contribution in [0.2, 0.25) is 0 Å². The molecule has 1 aromatic rings. The summed E-state index contributed by atoms with van der Waals surface area (Å²) in [6.07, 6.45) is 6.24. The molecule has 0 unspecified atom stereocenters. The highest BCUT2D eigenvalue weighted by atomic mass is 16.1. The number of hydrogen-bond acceptors (Lipinski definition) is 2. The minimum atomic E-state index is 0.0793. The van der Waals surface area contributed by atoms with Gasteiger partial charge in [0.15, 0.2) is 0 Å². The molecule has 1 amide bonds. The number of carbonyl (C=O) groups is 1. The van der Waals surface area contributed by atoms with Gasteiger partial charge in [0, 0.05) is 12.1 Å². The van der Waals surface area contributed by atoms with E-state index in [9.17, 15) is 4.79 Å². The van der Waals surface area contributed by atoms with E-state index in [1.54, 1.807) is 0 Å². The zero-order valence-corrected chi connectivity index (χ0v) is 11.7. The average Bonchev–Trinajstić information content (AvgIpc) is 2.45. The van der Waals surface area contributed by atoms with E-state index in [0.717, 1.165) is 5.56 Å². The molecule has 3 nitrogen and oxygen atoms in total. The summed E-state index contributed by atoms with van der Waals surface area (Å²) in [5, 5.41) is 6.38. The van der Waals surface area contributed by atoms with Crippen molar-refractivity contribution >= 4 is 5.91 Å². The lowest BCUT2D eigenvalue weighted by Gasteiger charge is -2.34. The summed E-state index contributed by atoms with van der Waals surface area (Å²) in [6.45, 7) is 3.26. The van der Waals surface area contributed by atoms with Crippen LogP contribution in [0.15, 0.2) is 30.3 Å². The van der Waals surface area contributed by atoms with Gasteiger partial charge in [0.1, 0.15) is 0 Å². The molecule has 3 heteroatoms. The van der Waals surface area contributed by atoms with Crippen molar-refractivity contribution in [2.45, 2.75) is 51.1 Å². The van der Waals surface area contributed by atoms with E-state index in [0.29, 0.717) is 13.1 Å². The van der Waals surface area contributed by atoms with Gasteiger partial charge in [-0.1, -0.05) is 49.6 Å². The summed E-state index contributed by atoms with van der Waals surface area (Å²) in [4.78, 5) is 11.8. The van der Waals surface area contributed by atoms with E-state index >= 15 is 0 Å². The van der Waals surface area contributed by atoms with Crippen LogP contribution in [-0.4, -0.2) is 18.0 Å². The first kappa shape index (κ1) is 14.1. The van der Waals surface area contributed by atoms with Crippen molar-refractivity contribution in [1.29, 1.82) is 0 Å². The Morgan fingerprint density at radius 3 is 2.53 bits per heavy atom. The number of rotatable bonds is 5. The van der Waals surface area contributed by atoms with E-state index in [4.69, 9.17) is 0 Å². The molecule has 0 atom stereocenters. The molecule has 1 aromatic carbocycles. The van der Waals surface area contributed by atoms with Gasteiger partial charge in [0.05, 0.1) is 6.54 Å². The Morgan fingerprint density at radius 1 is 1.16 bits per heavy atom. The summed E-state index contributed by atoms with van der Waals surface area (Å²) in [5.41, 5.74) is 1.29. The maximum atomic E-state index is 11.8. The first-order valence-corrected chi connectivity index (χ1v) is 7.24. The lowest BCUT2D eigenvalue weighted by Crippen LogP contribution is -2.48. The molecule has 0 spiro atoms. The van der Waals surface area contributed by atoms with E-state index in [1.807, 2.05) is 30.3 Å². The Balaban J connectivity index is 1.70. The highest BCUT2D eigenvalue weighted by molar-refractivity contribution is 5.78. The summed E-state index contributed by atoms with van der Waals surface area (Å²) < 4.78 is 0. The van der Waals surface area contributed by atoms with Gasteiger partial charge in [-0.05, 0) is 25.3 Å². The summed E-state index contributed by atoms with van der Waals surface area (Å²) in [5.74, 6) is 0.0793. The fourth-order valence-electron chi connectivity index (χ4n) is 2.66. The Kier molecular flexibility index (Phi) is 4.97. The van der Waals surface area contributed by atoms with E-state index < -0.39 is 0 Å². The molecule has 1 aliphatic carbocycles. The molecule has 0 bridgehead atoms. The fraction of sp³-hybridized carbons (Fsp3) is 0.562. The quantitative estimate of drug-likeness (QED) is 0.854. The first-order chi connectivity index (χ1) is 9.18. The van der Waals surface area contributed by atoms with Crippen molar-refractivity contribution in [1.82, 2.24) is 10.6 Å². The minimum absolute atomic E-state index is 0.0793. The second-order valence-corrected chi connectivity index (χ2v) is 5.74. The molecule has 0 heterocycles. The van der Waals surface area contributed by atoms with Crippen molar-refractivity contribution in [2.75, 3.05) is 6.54 Å². The Labute approximate surface area is 115 Å². The third kappa shape index (κ3) is 4.67. The molecular weight excluding hydrogens is 236 g/mol. The van der Waals surface area contributed by atoms with Crippen molar-refractivity contribution in [2.24, 2.45) is 0 Å². The molecule has 1 fully saturated rings. The van der Waals surface area contributed by atoms with Crippen LogP contribution in [0.3, 0.4) is 0 Å². The Hall–Kier alpha value is -1.35. The third-order valence-corrected chi connectivity index (χ3v) is 3.97. The number of amides is 1.